The van der Waals surface area contributed by atoms with Crippen LogP contribution in [0.15, 0.2) is 16.9 Å². The normalized spacial score (nSPS) is 12.1. The van der Waals surface area contributed by atoms with Crippen molar-refractivity contribution >= 4 is 41.4 Å². The molecule has 2 rings (SSSR count). The van der Waals surface area contributed by atoms with E-state index in [1.165, 1.54) is 12.5 Å². The van der Waals surface area contributed by atoms with Gasteiger partial charge in [-0.2, -0.15) is 0 Å². The van der Waals surface area contributed by atoms with Gasteiger partial charge in [-0.25, -0.2) is 23.4 Å². The zero-order chi connectivity index (χ0) is 9.47. The second-order valence-corrected chi connectivity index (χ2v) is 5.90. The molecule has 0 saturated carbocycles. The summed E-state index contributed by atoms with van der Waals surface area (Å²) in [7, 11) is 1.35. The number of aromatic nitrogens is 3. The summed E-state index contributed by atoms with van der Waals surface area (Å²) >= 11 is 0.948. The summed E-state index contributed by atoms with van der Waals surface area (Å²) in [4.78, 5) is 11.2. The van der Waals surface area contributed by atoms with Crippen molar-refractivity contribution in [3.63, 3.8) is 0 Å². The van der Waals surface area contributed by atoms with Crippen molar-refractivity contribution in [3.05, 3.63) is 12.5 Å². The number of hydrogen-bond donors (Lipinski definition) is 0. The zero-order valence-electron chi connectivity index (χ0n) is 6.01. The lowest BCUT2D eigenvalue weighted by molar-refractivity contribution is 0.609. The smallest absolute Gasteiger partial charge is 0.243 e. The summed E-state index contributed by atoms with van der Waals surface area (Å²) in [5.41, 5.74) is 0.347. The van der Waals surface area contributed by atoms with Gasteiger partial charge in [-0.3, -0.25) is 0 Å². The molecule has 0 aliphatic heterocycles. The summed E-state index contributed by atoms with van der Waals surface area (Å²) in [5.74, 6) is 0. The first-order chi connectivity index (χ1) is 6.07. The Kier molecular flexibility index (Phi) is 1.94. The molecule has 0 unspecified atom stereocenters. The third kappa shape index (κ3) is 1.62. The monoisotopic (exact) mass is 235 g/mol. The number of rotatable bonds is 1. The molecule has 0 aromatic carbocycles. The van der Waals surface area contributed by atoms with E-state index in [0.29, 0.717) is 10.3 Å². The lowest BCUT2D eigenvalue weighted by Crippen LogP contribution is -1.87. The Morgan fingerprint density at radius 2 is 2.23 bits per heavy atom. The van der Waals surface area contributed by atoms with Crippen LogP contribution in [0.2, 0.25) is 0 Å². The van der Waals surface area contributed by atoms with Crippen molar-refractivity contribution in [3.8, 4) is 0 Å². The SMILES string of the molecule is O=S(=O)(Cl)c1nc2ncncc2s1. The molecule has 0 radical (unpaired) electrons. The molecule has 8 heteroatoms. The fraction of sp³-hybridized carbons (Fsp3) is 0. The van der Waals surface area contributed by atoms with Gasteiger partial charge in [-0.1, -0.05) is 11.3 Å². The molecule has 2 heterocycles. The van der Waals surface area contributed by atoms with Gasteiger partial charge < -0.3 is 0 Å². The maximum absolute atomic E-state index is 10.9. The third-order valence-corrected chi connectivity index (χ3v) is 4.17. The van der Waals surface area contributed by atoms with Crippen LogP contribution in [-0.2, 0) is 9.05 Å². The minimum absolute atomic E-state index is 0.148. The standard InChI is InChI=1S/C5H2ClN3O2S2/c6-13(10,11)5-9-4-3(12-5)1-7-2-8-4/h1-2H. The third-order valence-electron chi connectivity index (χ3n) is 1.26. The number of hydrogen-bond acceptors (Lipinski definition) is 6. The van der Waals surface area contributed by atoms with Gasteiger partial charge in [0.25, 0.3) is 9.05 Å². The first-order valence-corrected chi connectivity index (χ1v) is 6.21. The van der Waals surface area contributed by atoms with Crippen molar-refractivity contribution < 1.29 is 8.42 Å². The molecule has 0 saturated heterocycles. The molecule has 0 fully saturated rings. The first kappa shape index (κ1) is 8.79. The average Bonchev–Trinajstić information content (AvgIpc) is 2.45. The second-order valence-electron chi connectivity index (χ2n) is 2.13. The van der Waals surface area contributed by atoms with Gasteiger partial charge in [0.15, 0.2) is 5.65 Å². The lowest BCUT2D eigenvalue weighted by atomic mass is 10.6. The predicted molar refractivity (Wildman–Crippen MR) is 48.2 cm³/mol. The summed E-state index contributed by atoms with van der Waals surface area (Å²) in [6.07, 6.45) is 2.79. The molecule has 0 atom stereocenters. The first-order valence-electron chi connectivity index (χ1n) is 3.08. The van der Waals surface area contributed by atoms with E-state index in [4.69, 9.17) is 10.7 Å². The van der Waals surface area contributed by atoms with E-state index in [0.717, 1.165) is 11.3 Å². The number of fused-ring (bicyclic) bond motifs is 1. The van der Waals surface area contributed by atoms with Crippen LogP contribution in [0.3, 0.4) is 0 Å². The Balaban J connectivity index is 2.77. The summed E-state index contributed by atoms with van der Waals surface area (Å²) in [6.45, 7) is 0. The Labute approximate surface area is 81.8 Å². The fourth-order valence-corrected chi connectivity index (χ4v) is 2.65. The highest BCUT2D eigenvalue weighted by Gasteiger charge is 2.16. The highest BCUT2D eigenvalue weighted by Crippen LogP contribution is 2.25. The largest absolute Gasteiger partial charge is 0.288 e. The second kappa shape index (κ2) is 2.86. The van der Waals surface area contributed by atoms with Gasteiger partial charge in [0, 0.05) is 16.9 Å². The van der Waals surface area contributed by atoms with E-state index in [-0.39, 0.29) is 4.34 Å². The van der Waals surface area contributed by atoms with Gasteiger partial charge in [0.05, 0.1) is 4.70 Å². The van der Waals surface area contributed by atoms with Crippen molar-refractivity contribution in [2.24, 2.45) is 0 Å². The molecule has 2 aromatic heterocycles. The molecule has 0 N–H and O–H groups in total. The van der Waals surface area contributed by atoms with Crippen LogP contribution in [0, 0.1) is 0 Å². The van der Waals surface area contributed by atoms with Crippen LogP contribution in [0.1, 0.15) is 0 Å². The maximum atomic E-state index is 10.9. The molecule has 5 nitrogen and oxygen atoms in total. The van der Waals surface area contributed by atoms with Crippen LogP contribution < -0.4 is 0 Å². The molecule has 0 amide bonds. The lowest BCUT2D eigenvalue weighted by Gasteiger charge is -1.81. The van der Waals surface area contributed by atoms with Gasteiger partial charge in [0.1, 0.15) is 6.33 Å². The van der Waals surface area contributed by atoms with Crippen molar-refractivity contribution in [2.45, 2.75) is 4.34 Å². The minimum atomic E-state index is -3.75. The Morgan fingerprint density at radius 3 is 2.85 bits per heavy atom. The Bertz CT molecular complexity index is 517. The summed E-state index contributed by atoms with van der Waals surface area (Å²) < 4.78 is 22.2. The van der Waals surface area contributed by atoms with Gasteiger partial charge in [-0.05, 0) is 0 Å². The zero-order valence-corrected chi connectivity index (χ0v) is 8.40. The van der Waals surface area contributed by atoms with Gasteiger partial charge in [0.2, 0.25) is 4.34 Å². The molecule has 2 aromatic rings. The van der Waals surface area contributed by atoms with Crippen LogP contribution in [-0.4, -0.2) is 23.4 Å². The topological polar surface area (TPSA) is 72.8 Å². The van der Waals surface area contributed by atoms with Gasteiger partial charge in [-0.15, -0.1) is 0 Å². The molecule has 68 valence electrons. The molecule has 0 aliphatic carbocycles. The molecule has 13 heavy (non-hydrogen) atoms. The highest BCUT2D eigenvalue weighted by atomic mass is 35.7. The van der Waals surface area contributed by atoms with Crippen LogP contribution >= 0.6 is 22.0 Å². The quantitative estimate of drug-likeness (QED) is 0.690. The van der Waals surface area contributed by atoms with Gasteiger partial charge >= 0.3 is 0 Å². The predicted octanol–water partition coefficient (Wildman–Crippen LogP) is 1.01. The summed E-state index contributed by atoms with van der Waals surface area (Å²) in [6, 6.07) is 0. The fourth-order valence-electron chi connectivity index (χ4n) is 0.774. The molecular formula is C5H2ClN3O2S2. The number of halogens is 1. The van der Waals surface area contributed by atoms with E-state index in [1.807, 2.05) is 0 Å². The van der Waals surface area contributed by atoms with E-state index in [1.54, 1.807) is 0 Å². The van der Waals surface area contributed by atoms with Crippen molar-refractivity contribution in [1.29, 1.82) is 0 Å². The maximum Gasteiger partial charge on any atom is 0.288 e. The highest BCUT2D eigenvalue weighted by molar-refractivity contribution is 8.15. The van der Waals surface area contributed by atoms with E-state index < -0.39 is 9.05 Å². The van der Waals surface area contributed by atoms with Crippen LogP contribution in [0.25, 0.3) is 10.3 Å². The van der Waals surface area contributed by atoms with Crippen molar-refractivity contribution in [1.82, 2.24) is 15.0 Å². The van der Waals surface area contributed by atoms with E-state index in [9.17, 15) is 8.42 Å². The number of nitrogens with zero attached hydrogens (tertiary/aromatic N) is 3. The molecule has 0 bridgehead atoms. The molecule has 0 spiro atoms. The molecular weight excluding hydrogens is 234 g/mol. The Hall–Kier alpha value is -0.790. The number of thiazole rings is 1. The van der Waals surface area contributed by atoms with Crippen LogP contribution in [0.4, 0.5) is 0 Å². The Morgan fingerprint density at radius 1 is 1.46 bits per heavy atom. The van der Waals surface area contributed by atoms with Crippen molar-refractivity contribution in [2.75, 3.05) is 0 Å². The summed E-state index contributed by atoms with van der Waals surface area (Å²) in [5, 5.41) is 0. The van der Waals surface area contributed by atoms with E-state index >= 15 is 0 Å². The average molecular weight is 236 g/mol. The molecule has 0 aliphatic rings. The van der Waals surface area contributed by atoms with E-state index in [2.05, 4.69) is 15.0 Å². The minimum Gasteiger partial charge on any atom is -0.243 e. The van der Waals surface area contributed by atoms with Crippen LogP contribution in [0.5, 0.6) is 0 Å².